The van der Waals surface area contributed by atoms with E-state index in [1.807, 2.05) is 34.1 Å². The number of rotatable bonds is 7. The van der Waals surface area contributed by atoms with E-state index >= 15 is 0 Å². The maximum atomic E-state index is 10.7. The lowest BCUT2D eigenvalue weighted by Gasteiger charge is -2.28. The average molecular weight is 291 g/mol. The van der Waals surface area contributed by atoms with Gasteiger partial charge in [0, 0.05) is 12.5 Å². The quantitative estimate of drug-likeness (QED) is 0.591. The largest absolute Gasteiger partial charge is 0.323 e. The Balaban J connectivity index is 2.53. The molecule has 0 aromatic carbocycles. The second-order valence-corrected chi connectivity index (χ2v) is 7.31. The van der Waals surface area contributed by atoms with Crippen LogP contribution in [-0.4, -0.2) is 58.8 Å². The summed E-state index contributed by atoms with van der Waals surface area (Å²) in [5, 5.41) is 8.15. The smallest absolute Gasteiger partial charge is 0.265 e. The molecule has 0 atom stereocenters. The van der Waals surface area contributed by atoms with Crippen LogP contribution in [0.5, 0.6) is 0 Å². The molecule has 8 heteroatoms. The van der Waals surface area contributed by atoms with Gasteiger partial charge in [-0.05, 0) is 13.8 Å². The highest BCUT2D eigenvalue weighted by molar-refractivity contribution is 7.85. The van der Waals surface area contributed by atoms with Gasteiger partial charge >= 0.3 is 0 Å². The van der Waals surface area contributed by atoms with Crippen LogP contribution in [-0.2, 0) is 16.7 Å². The fraction of sp³-hybridized carbons (Fsp3) is 0.818. The van der Waals surface area contributed by atoms with Gasteiger partial charge in [-0.15, -0.1) is 5.10 Å². The van der Waals surface area contributed by atoms with Crippen LogP contribution in [0.2, 0.25) is 0 Å². The Labute approximate surface area is 114 Å². The Morgan fingerprint density at radius 1 is 1.42 bits per heavy atom. The number of aromatic nitrogens is 3. The molecule has 1 aromatic heterocycles. The van der Waals surface area contributed by atoms with Crippen molar-refractivity contribution < 1.29 is 17.5 Å². The fourth-order valence-electron chi connectivity index (χ4n) is 1.83. The van der Waals surface area contributed by atoms with Crippen molar-refractivity contribution in [1.29, 1.82) is 0 Å². The van der Waals surface area contributed by atoms with Gasteiger partial charge in [-0.1, -0.05) is 5.21 Å². The van der Waals surface area contributed by atoms with Gasteiger partial charge in [0.05, 0.1) is 32.6 Å². The van der Waals surface area contributed by atoms with Gasteiger partial charge in [-0.3, -0.25) is 4.55 Å². The summed E-state index contributed by atoms with van der Waals surface area (Å²) in [5.74, 6) is -0.201. The average Bonchev–Trinajstić information content (AvgIpc) is 2.62. The van der Waals surface area contributed by atoms with Gasteiger partial charge in [0.2, 0.25) is 0 Å². The molecule has 0 bridgehead atoms. The molecule has 0 unspecified atom stereocenters. The van der Waals surface area contributed by atoms with Crippen molar-refractivity contribution in [3.8, 4) is 0 Å². The summed E-state index contributed by atoms with van der Waals surface area (Å²) in [6, 6.07) is 0.274. The number of quaternary nitrogens is 1. The van der Waals surface area contributed by atoms with E-state index in [9.17, 15) is 8.42 Å². The van der Waals surface area contributed by atoms with Gasteiger partial charge in [-0.25, -0.2) is 4.68 Å². The van der Waals surface area contributed by atoms with E-state index in [2.05, 4.69) is 10.3 Å². The van der Waals surface area contributed by atoms with Crippen LogP contribution < -0.4 is 0 Å². The lowest BCUT2D eigenvalue weighted by Crippen LogP contribution is -2.40. The molecule has 0 saturated heterocycles. The first-order chi connectivity index (χ1) is 8.59. The molecule has 0 fully saturated rings. The molecule has 0 radical (unpaired) electrons. The Kier molecular flexibility index (Phi) is 5.05. The Hall–Kier alpha value is -0.990. The highest BCUT2D eigenvalue weighted by Gasteiger charge is 2.19. The van der Waals surface area contributed by atoms with Crippen LogP contribution in [0.4, 0.5) is 0 Å². The van der Waals surface area contributed by atoms with Crippen LogP contribution in [0.25, 0.3) is 0 Å². The van der Waals surface area contributed by atoms with E-state index in [0.717, 1.165) is 5.69 Å². The topological polar surface area (TPSA) is 85.1 Å². The zero-order valence-electron chi connectivity index (χ0n) is 11.9. The summed E-state index contributed by atoms with van der Waals surface area (Å²) in [5.41, 5.74) is 0.880. The minimum atomic E-state index is -3.87. The second kappa shape index (κ2) is 5.98. The van der Waals surface area contributed by atoms with Crippen LogP contribution in [0, 0.1) is 0 Å². The van der Waals surface area contributed by atoms with Crippen LogP contribution in [0.1, 0.15) is 32.0 Å². The first-order valence-electron chi connectivity index (χ1n) is 6.27. The predicted molar refractivity (Wildman–Crippen MR) is 72.1 cm³/mol. The minimum Gasteiger partial charge on any atom is -0.323 e. The van der Waals surface area contributed by atoms with Crippen LogP contribution >= 0.6 is 0 Å². The summed E-state index contributed by atoms with van der Waals surface area (Å²) in [6.45, 7) is 5.39. The van der Waals surface area contributed by atoms with Crippen molar-refractivity contribution in [2.45, 2.75) is 32.9 Å². The van der Waals surface area contributed by atoms with Crippen molar-refractivity contribution in [3.05, 3.63) is 11.9 Å². The molecular weight excluding hydrogens is 268 g/mol. The monoisotopic (exact) mass is 291 g/mol. The molecule has 0 aliphatic heterocycles. The zero-order valence-corrected chi connectivity index (χ0v) is 12.8. The van der Waals surface area contributed by atoms with E-state index in [1.165, 1.54) is 0 Å². The zero-order chi connectivity index (χ0) is 14.7. The summed E-state index contributed by atoms with van der Waals surface area (Å²) in [6.07, 6.45) is 2.33. The van der Waals surface area contributed by atoms with E-state index in [-0.39, 0.29) is 11.8 Å². The predicted octanol–water partition coefficient (Wildman–Crippen LogP) is 0.713. The number of nitrogens with zero attached hydrogens (tertiary/aromatic N) is 4. The maximum absolute atomic E-state index is 10.7. The van der Waals surface area contributed by atoms with E-state index < -0.39 is 10.1 Å². The van der Waals surface area contributed by atoms with Crippen molar-refractivity contribution in [3.63, 3.8) is 0 Å². The molecule has 1 heterocycles. The first kappa shape index (κ1) is 16.1. The maximum Gasteiger partial charge on any atom is 0.265 e. The van der Waals surface area contributed by atoms with E-state index in [0.29, 0.717) is 24.0 Å². The van der Waals surface area contributed by atoms with E-state index in [4.69, 9.17) is 4.55 Å². The van der Waals surface area contributed by atoms with E-state index in [1.54, 1.807) is 4.68 Å². The summed E-state index contributed by atoms with van der Waals surface area (Å²) >= 11 is 0. The molecule has 1 aromatic rings. The molecule has 0 spiro atoms. The summed E-state index contributed by atoms with van der Waals surface area (Å²) in [7, 11) is 0.128. The Morgan fingerprint density at radius 2 is 2.05 bits per heavy atom. The molecule has 19 heavy (non-hydrogen) atoms. The summed E-state index contributed by atoms with van der Waals surface area (Å²) < 4.78 is 32.5. The second-order valence-electron chi connectivity index (χ2n) is 5.74. The molecule has 0 saturated carbocycles. The third-order valence-corrected chi connectivity index (χ3v) is 3.65. The Bertz CT molecular complexity index is 508. The van der Waals surface area contributed by atoms with Crippen LogP contribution in [0.3, 0.4) is 0 Å². The van der Waals surface area contributed by atoms with Gasteiger partial charge in [0.1, 0.15) is 12.2 Å². The van der Waals surface area contributed by atoms with Gasteiger partial charge in [0.25, 0.3) is 10.1 Å². The summed E-state index contributed by atoms with van der Waals surface area (Å²) in [4.78, 5) is 0. The third kappa shape index (κ3) is 6.13. The molecular formula is C11H23N4O3S+. The molecule has 1 rings (SSSR count). The third-order valence-electron chi connectivity index (χ3n) is 2.84. The SMILES string of the molecule is CC(C)n1cc(C[N+](C)(C)CCCS(=O)(=O)O)nn1. The van der Waals surface area contributed by atoms with Crippen LogP contribution in [0.15, 0.2) is 6.20 Å². The first-order valence-corrected chi connectivity index (χ1v) is 7.88. The molecule has 0 amide bonds. The molecule has 1 N–H and O–H groups in total. The highest BCUT2D eigenvalue weighted by atomic mass is 32.2. The normalized spacial score (nSPS) is 13.2. The molecule has 110 valence electrons. The molecule has 0 aliphatic rings. The lowest BCUT2D eigenvalue weighted by molar-refractivity contribution is -0.903. The van der Waals surface area contributed by atoms with Crippen molar-refractivity contribution in [1.82, 2.24) is 15.0 Å². The van der Waals surface area contributed by atoms with Crippen molar-refractivity contribution in [2.75, 3.05) is 26.4 Å². The highest BCUT2D eigenvalue weighted by Crippen LogP contribution is 2.10. The number of hydrogen-bond donors (Lipinski definition) is 1. The van der Waals surface area contributed by atoms with Crippen molar-refractivity contribution in [2.24, 2.45) is 0 Å². The lowest BCUT2D eigenvalue weighted by atomic mass is 10.3. The molecule has 0 aliphatic carbocycles. The fourth-order valence-corrected chi connectivity index (χ4v) is 2.32. The Morgan fingerprint density at radius 3 is 2.53 bits per heavy atom. The van der Waals surface area contributed by atoms with Crippen molar-refractivity contribution >= 4 is 10.1 Å². The number of hydrogen-bond acceptors (Lipinski definition) is 4. The van der Waals surface area contributed by atoms with Gasteiger partial charge < -0.3 is 4.48 Å². The standard InChI is InChI=1S/C11H22N4O3S/c1-10(2)14-8-11(12-13-14)9-15(3,4)6-5-7-19(16,17)18/h8,10H,5-7,9H2,1-4H3/p+1. The van der Waals surface area contributed by atoms with Gasteiger partial charge in [0.15, 0.2) is 0 Å². The minimum absolute atomic E-state index is 0.201. The molecule has 7 nitrogen and oxygen atoms in total. The van der Waals surface area contributed by atoms with Gasteiger partial charge in [-0.2, -0.15) is 8.42 Å².